The zero-order chi connectivity index (χ0) is 22.5. The Hall–Kier alpha value is -2.91. The second-order valence-corrected chi connectivity index (χ2v) is 9.23. The molecule has 4 rings (SSSR count). The molecule has 3 aromatic rings. The molecule has 0 bridgehead atoms. The van der Waals surface area contributed by atoms with E-state index < -0.39 is 0 Å². The van der Waals surface area contributed by atoms with Crippen molar-refractivity contribution in [3.8, 4) is 0 Å². The third-order valence-electron chi connectivity index (χ3n) is 5.52. The number of nitro groups is 1. The fraction of sp³-hybridized carbons (Fsp3) is 0.261. The lowest BCUT2D eigenvalue weighted by Crippen LogP contribution is -2.48. The van der Waals surface area contributed by atoms with E-state index in [2.05, 4.69) is 32.2 Å². The van der Waals surface area contributed by atoms with Crippen molar-refractivity contribution in [2.45, 2.75) is 6.42 Å². The van der Waals surface area contributed by atoms with Gasteiger partial charge in [-0.3, -0.25) is 14.9 Å². The van der Waals surface area contributed by atoms with Gasteiger partial charge in [0.15, 0.2) is 0 Å². The van der Waals surface area contributed by atoms with E-state index in [1.165, 1.54) is 11.3 Å². The quantitative estimate of drug-likeness (QED) is 0.353. The summed E-state index contributed by atoms with van der Waals surface area (Å²) in [5.74, 6) is 0.0717. The highest BCUT2D eigenvalue weighted by Gasteiger charge is 2.25. The van der Waals surface area contributed by atoms with E-state index in [0.29, 0.717) is 31.6 Å². The third-order valence-corrected chi connectivity index (χ3v) is 7.35. The van der Waals surface area contributed by atoms with Gasteiger partial charge in [-0.2, -0.15) is 0 Å². The molecule has 1 saturated heterocycles. The van der Waals surface area contributed by atoms with Gasteiger partial charge in [-0.15, -0.1) is 11.3 Å². The van der Waals surface area contributed by atoms with Crippen LogP contribution in [0.3, 0.4) is 0 Å². The minimum absolute atomic E-state index is 0.0717. The van der Waals surface area contributed by atoms with Gasteiger partial charge in [-0.05, 0) is 45.9 Å². The number of halogens is 1. The highest BCUT2D eigenvalue weighted by atomic mass is 79.9. The van der Waals surface area contributed by atoms with Crippen LogP contribution < -0.4 is 10.2 Å². The van der Waals surface area contributed by atoms with Crippen LogP contribution in [0, 0.1) is 10.1 Å². The Morgan fingerprint density at radius 2 is 1.78 bits per heavy atom. The molecule has 2 heterocycles. The first-order valence-electron chi connectivity index (χ1n) is 10.4. The molecule has 1 aliphatic rings. The first-order chi connectivity index (χ1) is 15.5. The van der Waals surface area contributed by atoms with Gasteiger partial charge in [0.25, 0.3) is 11.6 Å². The molecule has 166 valence electrons. The van der Waals surface area contributed by atoms with Crippen molar-refractivity contribution in [1.29, 1.82) is 0 Å². The van der Waals surface area contributed by atoms with Gasteiger partial charge in [-0.25, -0.2) is 0 Å². The molecular weight excluding hydrogens is 492 g/mol. The minimum Gasteiger partial charge on any atom is -0.383 e. The Morgan fingerprint density at radius 1 is 1.06 bits per heavy atom. The zero-order valence-corrected chi connectivity index (χ0v) is 19.8. The number of rotatable bonds is 7. The number of hydrogen-bond donors (Lipinski definition) is 1. The summed E-state index contributed by atoms with van der Waals surface area (Å²) in [6, 6.07) is 16.8. The maximum absolute atomic E-state index is 12.8. The van der Waals surface area contributed by atoms with Crippen LogP contribution in [-0.4, -0.2) is 48.5 Å². The molecule has 0 radical (unpaired) electrons. The van der Waals surface area contributed by atoms with Crippen LogP contribution in [0.1, 0.15) is 15.2 Å². The lowest BCUT2D eigenvalue weighted by atomic mass is 10.1. The lowest BCUT2D eigenvalue weighted by molar-refractivity contribution is -0.385. The number of hydrogen-bond acceptors (Lipinski definition) is 6. The van der Waals surface area contributed by atoms with Crippen molar-refractivity contribution in [3.63, 3.8) is 0 Å². The molecule has 2 aromatic carbocycles. The highest BCUT2D eigenvalue weighted by molar-refractivity contribution is 9.10. The van der Waals surface area contributed by atoms with Crippen molar-refractivity contribution < 1.29 is 9.72 Å². The normalized spacial score (nSPS) is 13.8. The number of nitrogens with zero attached hydrogens (tertiary/aromatic N) is 3. The molecule has 7 nitrogen and oxygen atoms in total. The Bertz CT molecular complexity index is 1110. The number of thiophene rings is 1. The summed E-state index contributed by atoms with van der Waals surface area (Å²) in [5, 5.41) is 16.6. The number of anilines is 2. The summed E-state index contributed by atoms with van der Waals surface area (Å²) in [5.41, 5.74) is 2.95. The van der Waals surface area contributed by atoms with Crippen LogP contribution >= 0.6 is 27.3 Å². The monoisotopic (exact) mass is 514 g/mol. The predicted octanol–water partition coefficient (Wildman–Crippen LogP) is 5.04. The molecule has 9 heteroatoms. The van der Waals surface area contributed by atoms with Gasteiger partial charge in [0.05, 0.1) is 16.3 Å². The number of amides is 1. The predicted molar refractivity (Wildman–Crippen MR) is 132 cm³/mol. The van der Waals surface area contributed by atoms with E-state index in [-0.39, 0.29) is 16.5 Å². The average Bonchev–Trinajstić information content (AvgIpc) is 3.25. The summed E-state index contributed by atoms with van der Waals surface area (Å²) < 4.78 is 0.850. The second kappa shape index (κ2) is 10.1. The number of nitrogens with one attached hydrogen (secondary N) is 1. The summed E-state index contributed by atoms with van der Waals surface area (Å²) in [6.45, 7) is 3.41. The van der Waals surface area contributed by atoms with Crippen LogP contribution in [0.15, 0.2) is 64.5 Å². The van der Waals surface area contributed by atoms with Gasteiger partial charge in [-0.1, -0.05) is 30.3 Å². The van der Waals surface area contributed by atoms with Gasteiger partial charge in [0.1, 0.15) is 4.88 Å². The highest BCUT2D eigenvalue weighted by Crippen LogP contribution is 2.29. The molecule has 1 aromatic heterocycles. The first kappa shape index (κ1) is 22.3. The third kappa shape index (κ3) is 4.94. The van der Waals surface area contributed by atoms with Crippen molar-refractivity contribution >= 4 is 50.2 Å². The Morgan fingerprint density at radius 3 is 2.50 bits per heavy atom. The van der Waals surface area contributed by atoms with Crippen LogP contribution in [0.4, 0.5) is 17.1 Å². The molecule has 1 aliphatic heterocycles. The van der Waals surface area contributed by atoms with E-state index in [9.17, 15) is 14.9 Å². The standard InChI is InChI=1S/C23H23BrN4O3S/c24-18-10-16-32-22(18)23(29)27-14-12-26(13-15-27)21-8-4-2-6-19(21)25-11-9-17-5-1-3-7-20(17)28(30)31/h1-8,10,16,25H,9,11-15H2. The number of para-hydroxylation sites is 3. The molecule has 1 amide bonds. The zero-order valence-electron chi connectivity index (χ0n) is 17.4. The van der Waals surface area contributed by atoms with Gasteiger partial charge in [0, 0.05) is 48.8 Å². The molecule has 0 spiro atoms. The smallest absolute Gasteiger partial charge is 0.272 e. The minimum atomic E-state index is -0.335. The van der Waals surface area contributed by atoms with Crippen molar-refractivity contribution in [2.24, 2.45) is 0 Å². The second-order valence-electron chi connectivity index (χ2n) is 7.46. The molecule has 0 saturated carbocycles. The number of carbonyl (C=O) groups excluding carboxylic acids is 1. The van der Waals surface area contributed by atoms with Gasteiger partial charge < -0.3 is 15.1 Å². The summed E-state index contributed by atoms with van der Waals surface area (Å²) in [7, 11) is 0. The fourth-order valence-electron chi connectivity index (χ4n) is 3.87. The number of carbonyl (C=O) groups is 1. The summed E-state index contributed by atoms with van der Waals surface area (Å²) >= 11 is 4.91. The van der Waals surface area contributed by atoms with Crippen LogP contribution in [0.2, 0.25) is 0 Å². The molecular formula is C23H23BrN4O3S. The van der Waals surface area contributed by atoms with E-state index in [1.807, 2.05) is 40.6 Å². The number of piperazine rings is 1. The maximum Gasteiger partial charge on any atom is 0.272 e. The van der Waals surface area contributed by atoms with Crippen LogP contribution in [0.5, 0.6) is 0 Å². The van der Waals surface area contributed by atoms with Crippen molar-refractivity contribution in [1.82, 2.24) is 4.90 Å². The topological polar surface area (TPSA) is 78.7 Å². The van der Waals surface area contributed by atoms with Crippen molar-refractivity contribution in [2.75, 3.05) is 42.9 Å². The number of nitro benzene ring substituents is 1. The molecule has 0 atom stereocenters. The SMILES string of the molecule is O=C(c1sccc1Br)N1CCN(c2ccccc2NCCc2ccccc2[N+](=O)[O-])CC1. The fourth-order valence-corrected chi connectivity index (χ4v) is 5.38. The number of benzene rings is 2. The maximum atomic E-state index is 12.8. The molecule has 1 N–H and O–H groups in total. The lowest BCUT2D eigenvalue weighted by Gasteiger charge is -2.37. The Kier molecular flexibility index (Phi) is 7.06. The van der Waals surface area contributed by atoms with E-state index >= 15 is 0 Å². The molecule has 1 fully saturated rings. The Labute approximate surface area is 198 Å². The first-order valence-corrected chi connectivity index (χ1v) is 12.0. The average molecular weight is 515 g/mol. The molecule has 0 unspecified atom stereocenters. The van der Waals surface area contributed by atoms with Crippen LogP contribution in [0.25, 0.3) is 0 Å². The van der Waals surface area contributed by atoms with E-state index in [0.717, 1.165) is 33.8 Å². The van der Waals surface area contributed by atoms with E-state index in [4.69, 9.17) is 0 Å². The molecule has 0 aliphatic carbocycles. The van der Waals surface area contributed by atoms with Crippen molar-refractivity contribution in [3.05, 3.63) is 85.0 Å². The van der Waals surface area contributed by atoms with E-state index in [1.54, 1.807) is 18.2 Å². The Balaban J connectivity index is 1.38. The van der Waals surface area contributed by atoms with Crippen LogP contribution in [-0.2, 0) is 6.42 Å². The summed E-state index contributed by atoms with van der Waals surface area (Å²) in [6.07, 6.45) is 0.559. The summed E-state index contributed by atoms with van der Waals surface area (Å²) in [4.78, 5) is 28.6. The molecule has 32 heavy (non-hydrogen) atoms. The van der Waals surface area contributed by atoms with Gasteiger partial charge in [0.2, 0.25) is 0 Å². The largest absolute Gasteiger partial charge is 0.383 e. The van der Waals surface area contributed by atoms with Gasteiger partial charge >= 0.3 is 0 Å².